The third-order valence-corrected chi connectivity index (χ3v) is 7.12. The maximum Gasteiger partial charge on any atom is 0.303 e. The van der Waals surface area contributed by atoms with Gasteiger partial charge in [0.25, 0.3) is 0 Å². The molecule has 0 radical (unpaired) electrons. The second kappa shape index (κ2) is 9.46. The second-order valence-electron chi connectivity index (χ2n) is 9.32. The Kier molecular flexibility index (Phi) is 6.21. The fourth-order valence-corrected chi connectivity index (χ4v) is 5.14. The molecule has 0 amide bonds. The van der Waals surface area contributed by atoms with E-state index in [4.69, 9.17) is 9.47 Å². The first-order chi connectivity index (χ1) is 17.0. The van der Waals surface area contributed by atoms with Gasteiger partial charge in [0.15, 0.2) is 11.8 Å². The number of hydrogen-bond acceptors (Lipinski definition) is 10. The van der Waals surface area contributed by atoms with E-state index < -0.39 is 6.10 Å². The minimum atomic E-state index is -0.525. The molecule has 1 atom stereocenters. The first-order valence-corrected chi connectivity index (χ1v) is 11.7. The van der Waals surface area contributed by atoms with Crippen LogP contribution in [0.25, 0.3) is 5.65 Å². The fraction of sp³-hybridized carbons (Fsp3) is 0.500. The van der Waals surface area contributed by atoms with Crippen molar-refractivity contribution in [1.82, 2.24) is 29.7 Å². The van der Waals surface area contributed by atoms with E-state index in [1.54, 1.807) is 16.9 Å². The predicted octanol–water partition coefficient (Wildman–Crippen LogP) is 2.00. The molecular weight excluding hydrogens is 448 g/mol. The summed E-state index contributed by atoms with van der Waals surface area (Å²) >= 11 is 0. The average Bonchev–Trinajstić information content (AvgIpc) is 3.51. The van der Waals surface area contributed by atoms with E-state index in [2.05, 4.69) is 36.1 Å². The van der Waals surface area contributed by atoms with Crippen LogP contribution in [0.5, 0.6) is 5.75 Å². The van der Waals surface area contributed by atoms with Gasteiger partial charge in [-0.2, -0.15) is 9.78 Å². The van der Waals surface area contributed by atoms with Crippen LogP contribution in [-0.2, 0) is 9.53 Å². The number of hydrogen-bond donors (Lipinski definition) is 0. The maximum absolute atomic E-state index is 11.8. The first-order valence-electron chi connectivity index (χ1n) is 11.7. The number of anilines is 1. The van der Waals surface area contributed by atoms with Crippen LogP contribution in [0.2, 0.25) is 0 Å². The number of carbonyl (C=O) groups excluding carboxylic acids is 1. The number of pyridine rings is 1. The molecule has 2 saturated heterocycles. The van der Waals surface area contributed by atoms with Gasteiger partial charge < -0.3 is 14.4 Å². The second-order valence-corrected chi connectivity index (χ2v) is 9.32. The van der Waals surface area contributed by atoms with Crippen LogP contribution in [0.4, 0.5) is 5.82 Å². The van der Waals surface area contributed by atoms with E-state index in [9.17, 15) is 10.1 Å². The number of methoxy groups -OCH3 is 1. The Bertz CT molecular complexity index is 1260. The summed E-state index contributed by atoms with van der Waals surface area (Å²) in [6, 6.07) is 7.71. The molecule has 0 saturated carbocycles. The van der Waals surface area contributed by atoms with E-state index in [0.29, 0.717) is 23.6 Å². The van der Waals surface area contributed by atoms with Crippen molar-refractivity contribution in [3.05, 3.63) is 42.0 Å². The number of rotatable bonds is 6. The molecule has 0 bridgehead atoms. The number of fused-ring (bicyclic) bond motifs is 1. The monoisotopic (exact) mass is 476 g/mol. The first kappa shape index (κ1) is 23.0. The number of carbonyl (C=O) groups is 1. The summed E-state index contributed by atoms with van der Waals surface area (Å²) in [5.41, 5.74) is 1.93. The van der Waals surface area contributed by atoms with Gasteiger partial charge in [0, 0.05) is 38.8 Å². The van der Waals surface area contributed by atoms with Gasteiger partial charge in [0.2, 0.25) is 0 Å². The Labute approximate surface area is 203 Å². The summed E-state index contributed by atoms with van der Waals surface area (Å²) in [7, 11) is 1.51. The summed E-state index contributed by atoms with van der Waals surface area (Å²) < 4.78 is 12.7. The topological polar surface area (TPSA) is 122 Å². The van der Waals surface area contributed by atoms with Crippen LogP contribution >= 0.6 is 0 Å². The van der Waals surface area contributed by atoms with Crippen LogP contribution in [-0.4, -0.2) is 75.5 Å². The van der Waals surface area contributed by atoms with Crippen LogP contribution in [0, 0.1) is 16.7 Å². The summed E-state index contributed by atoms with van der Waals surface area (Å²) in [5, 5.41) is 21.8. The quantitative estimate of drug-likeness (QED) is 0.488. The van der Waals surface area contributed by atoms with E-state index in [1.807, 2.05) is 12.1 Å². The van der Waals surface area contributed by atoms with Gasteiger partial charge in [-0.05, 0) is 49.9 Å². The zero-order valence-electron chi connectivity index (χ0n) is 19.9. The average molecular weight is 477 g/mol. The molecule has 11 heteroatoms. The van der Waals surface area contributed by atoms with Gasteiger partial charge in [-0.1, -0.05) is 0 Å². The minimum Gasteiger partial charge on any atom is -0.495 e. The molecular formula is C24H28N8O3. The highest BCUT2D eigenvalue weighted by Gasteiger charge is 2.41. The lowest BCUT2D eigenvalue weighted by molar-refractivity contribution is -0.148. The molecule has 182 valence electrons. The molecule has 3 aromatic rings. The number of ether oxygens (including phenoxy) is 2. The molecule has 3 aromatic heterocycles. The Morgan fingerprint density at radius 1 is 1.26 bits per heavy atom. The molecule has 5 rings (SSSR count). The summed E-state index contributed by atoms with van der Waals surface area (Å²) in [6.07, 6.45) is 5.83. The van der Waals surface area contributed by atoms with Crippen molar-refractivity contribution >= 4 is 17.4 Å². The minimum absolute atomic E-state index is 0.257. The van der Waals surface area contributed by atoms with E-state index in [1.165, 1.54) is 20.2 Å². The molecule has 5 heterocycles. The van der Waals surface area contributed by atoms with Crippen molar-refractivity contribution in [2.45, 2.75) is 32.3 Å². The molecule has 0 aromatic carbocycles. The predicted molar refractivity (Wildman–Crippen MR) is 126 cm³/mol. The van der Waals surface area contributed by atoms with Gasteiger partial charge in [0.05, 0.1) is 12.8 Å². The number of nitriles is 1. The molecule has 0 aliphatic carbocycles. The highest BCUT2D eigenvalue weighted by Crippen LogP contribution is 2.42. The lowest BCUT2D eigenvalue weighted by atomic mass is 9.77. The lowest BCUT2D eigenvalue weighted by Crippen LogP contribution is -2.43. The molecule has 1 spiro atoms. The third kappa shape index (κ3) is 4.74. The normalized spacial score (nSPS) is 18.5. The van der Waals surface area contributed by atoms with Crippen LogP contribution in [0.15, 0.2) is 30.7 Å². The Morgan fingerprint density at radius 3 is 2.80 bits per heavy atom. The Morgan fingerprint density at radius 2 is 2.06 bits per heavy atom. The zero-order chi connectivity index (χ0) is 24.4. The smallest absolute Gasteiger partial charge is 0.303 e. The lowest BCUT2D eigenvalue weighted by Gasteiger charge is -2.40. The fourth-order valence-electron chi connectivity index (χ4n) is 5.14. The summed E-state index contributed by atoms with van der Waals surface area (Å²) in [6.45, 7) is 5.73. The summed E-state index contributed by atoms with van der Waals surface area (Å²) in [4.78, 5) is 20.9. The van der Waals surface area contributed by atoms with Crippen LogP contribution in [0.3, 0.4) is 0 Å². The highest BCUT2D eigenvalue weighted by atomic mass is 16.5. The van der Waals surface area contributed by atoms with Gasteiger partial charge >= 0.3 is 5.97 Å². The standard InChI is InChI=1S/C24H28N8O3/c1-17(33)35-21(19-11-20(34-2)18(12-25)13-26-19)14-30-8-5-24(6-9-30)7-10-31(15-24)23-4-3-22-28-27-16-32(22)29-23/h3-4,11,13,16,21H,5-10,14-15H2,1-2H3/t21-/m0/s1. The van der Waals surface area contributed by atoms with Crippen LogP contribution < -0.4 is 9.64 Å². The summed E-state index contributed by atoms with van der Waals surface area (Å²) in [5.74, 6) is 1.02. The number of likely N-dealkylation sites (tertiary alicyclic amines) is 1. The van der Waals surface area contributed by atoms with Gasteiger partial charge in [0.1, 0.15) is 29.5 Å². The molecule has 35 heavy (non-hydrogen) atoms. The van der Waals surface area contributed by atoms with Crippen LogP contribution in [0.1, 0.15) is 43.5 Å². The molecule has 2 fully saturated rings. The largest absolute Gasteiger partial charge is 0.495 e. The van der Waals surface area contributed by atoms with Crippen molar-refractivity contribution in [3.8, 4) is 11.8 Å². The molecule has 0 unspecified atom stereocenters. The van der Waals surface area contributed by atoms with Gasteiger partial charge in [-0.15, -0.1) is 15.3 Å². The maximum atomic E-state index is 11.8. The third-order valence-electron chi connectivity index (χ3n) is 7.12. The number of nitrogens with zero attached hydrogens (tertiary/aromatic N) is 8. The van der Waals surface area contributed by atoms with E-state index in [0.717, 1.165) is 56.9 Å². The SMILES string of the molecule is COc1cc([C@H](CN2CCC3(CC2)CCN(c2ccc4nncn4n2)C3)OC(C)=O)ncc1C#N. The van der Waals surface area contributed by atoms with E-state index in [-0.39, 0.29) is 11.4 Å². The van der Waals surface area contributed by atoms with Gasteiger partial charge in [-0.3, -0.25) is 14.7 Å². The molecule has 11 nitrogen and oxygen atoms in total. The zero-order valence-corrected chi connectivity index (χ0v) is 19.9. The van der Waals surface area contributed by atoms with Crippen molar-refractivity contribution < 1.29 is 14.3 Å². The molecule has 2 aliphatic heterocycles. The Hall–Kier alpha value is -3.78. The van der Waals surface area contributed by atoms with Crippen molar-refractivity contribution in [1.29, 1.82) is 5.26 Å². The van der Waals surface area contributed by atoms with E-state index >= 15 is 0 Å². The van der Waals surface area contributed by atoms with Gasteiger partial charge in [-0.25, -0.2) is 0 Å². The number of piperidine rings is 1. The highest BCUT2D eigenvalue weighted by molar-refractivity contribution is 5.66. The van der Waals surface area contributed by atoms with Crippen molar-refractivity contribution in [2.24, 2.45) is 5.41 Å². The molecule has 2 aliphatic rings. The van der Waals surface area contributed by atoms with Crippen molar-refractivity contribution in [2.75, 3.05) is 44.7 Å². The molecule has 0 N–H and O–H groups in total. The Balaban J connectivity index is 1.23. The number of aromatic nitrogens is 5. The number of esters is 1. The van der Waals surface area contributed by atoms with Crippen molar-refractivity contribution in [3.63, 3.8) is 0 Å².